The van der Waals surface area contributed by atoms with E-state index >= 15 is 0 Å². The lowest BCUT2D eigenvalue weighted by molar-refractivity contribution is -0.0227. The second kappa shape index (κ2) is 5.73. The van der Waals surface area contributed by atoms with Gasteiger partial charge in [0, 0.05) is 24.2 Å². The van der Waals surface area contributed by atoms with Gasteiger partial charge >= 0.3 is 0 Å². The summed E-state index contributed by atoms with van der Waals surface area (Å²) in [5, 5.41) is 3.55. The molecule has 3 fully saturated rings. The molecule has 2 nitrogen and oxygen atoms in total. The molecule has 1 saturated carbocycles. The molecule has 0 radical (unpaired) electrons. The van der Waals surface area contributed by atoms with Crippen molar-refractivity contribution in [3.8, 4) is 0 Å². The van der Waals surface area contributed by atoms with E-state index in [-0.39, 0.29) is 0 Å². The Morgan fingerprint density at radius 1 is 1.05 bits per heavy atom. The third-order valence-corrected chi connectivity index (χ3v) is 6.53. The Hall–Kier alpha value is -0.0800. The van der Waals surface area contributed by atoms with Crippen LogP contribution in [0.5, 0.6) is 0 Å². The predicted octanol–water partition coefficient (Wildman–Crippen LogP) is 3.42. The molecular formula is C17H32N2. The SMILES string of the molecule is CCC1CCC(N2C3CCCC2CC(NC)C3)C1C. The van der Waals surface area contributed by atoms with Crippen molar-refractivity contribution in [1.82, 2.24) is 10.2 Å². The van der Waals surface area contributed by atoms with E-state index < -0.39 is 0 Å². The van der Waals surface area contributed by atoms with Crippen molar-refractivity contribution in [2.24, 2.45) is 11.8 Å². The summed E-state index contributed by atoms with van der Waals surface area (Å²) in [5.41, 5.74) is 0. The predicted molar refractivity (Wildman–Crippen MR) is 81.3 cm³/mol. The highest BCUT2D eigenvalue weighted by Gasteiger charge is 2.45. The van der Waals surface area contributed by atoms with E-state index in [0.29, 0.717) is 0 Å². The fraction of sp³-hybridized carbons (Fsp3) is 1.00. The first-order chi connectivity index (χ1) is 9.24. The molecule has 0 aromatic carbocycles. The van der Waals surface area contributed by atoms with Crippen molar-refractivity contribution < 1.29 is 0 Å². The van der Waals surface area contributed by atoms with Gasteiger partial charge in [0.15, 0.2) is 0 Å². The van der Waals surface area contributed by atoms with Crippen molar-refractivity contribution in [2.45, 2.75) is 89.4 Å². The average molecular weight is 264 g/mol. The Labute approximate surface area is 119 Å². The van der Waals surface area contributed by atoms with E-state index in [2.05, 4.69) is 31.1 Å². The molecule has 3 rings (SSSR count). The third kappa shape index (κ3) is 2.47. The summed E-state index contributed by atoms with van der Waals surface area (Å²) in [6.45, 7) is 4.92. The second-order valence-corrected chi connectivity index (χ2v) is 7.31. The highest BCUT2D eigenvalue weighted by atomic mass is 15.2. The normalized spacial score (nSPS) is 47.5. The van der Waals surface area contributed by atoms with Crippen molar-refractivity contribution in [3.05, 3.63) is 0 Å². The summed E-state index contributed by atoms with van der Waals surface area (Å²) in [6.07, 6.45) is 11.5. The van der Waals surface area contributed by atoms with Gasteiger partial charge in [0.2, 0.25) is 0 Å². The number of nitrogens with one attached hydrogen (secondary N) is 1. The molecule has 5 unspecified atom stereocenters. The van der Waals surface area contributed by atoms with E-state index in [9.17, 15) is 0 Å². The van der Waals surface area contributed by atoms with Crippen molar-refractivity contribution in [2.75, 3.05) is 7.05 Å². The lowest BCUT2D eigenvalue weighted by Gasteiger charge is -2.53. The fourth-order valence-electron chi connectivity index (χ4n) is 5.42. The molecule has 110 valence electrons. The summed E-state index contributed by atoms with van der Waals surface area (Å²) in [6, 6.07) is 3.45. The maximum atomic E-state index is 3.55. The van der Waals surface area contributed by atoms with Crippen LogP contribution >= 0.6 is 0 Å². The molecule has 0 spiro atoms. The third-order valence-electron chi connectivity index (χ3n) is 6.53. The van der Waals surface area contributed by atoms with E-state index in [4.69, 9.17) is 0 Å². The van der Waals surface area contributed by atoms with Crippen LogP contribution in [-0.4, -0.2) is 36.1 Å². The highest BCUT2D eigenvalue weighted by Crippen LogP contribution is 2.44. The van der Waals surface area contributed by atoms with Crippen molar-refractivity contribution in [3.63, 3.8) is 0 Å². The Kier molecular flexibility index (Phi) is 4.19. The minimum absolute atomic E-state index is 0.783. The standard InChI is InChI=1S/C17H32N2/c1-4-13-8-9-17(12(13)2)19-15-6-5-7-16(19)11-14(10-15)18-3/h12-18H,4-11H2,1-3H3. The first-order valence-corrected chi connectivity index (χ1v) is 8.69. The van der Waals surface area contributed by atoms with Crippen molar-refractivity contribution in [1.29, 1.82) is 0 Å². The van der Waals surface area contributed by atoms with Gasteiger partial charge in [-0.3, -0.25) is 4.90 Å². The van der Waals surface area contributed by atoms with Gasteiger partial charge in [-0.15, -0.1) is 0 Å². The molecule has 3 aliphatic rings. The van der Waals surface area contributed by atoms with Gasteiger partial charge in [0.25, 0.3) is 0 Å². The molecular weight excluding hydrogens is 232 g/mol. The van der Waals surface area contributed by atoms with Crippen LogP contribution < -0.4 is 5.32 Å². The van der Waals surface area contributed by atoms with Crippen LogP contribution in [0.3, 0.4) is 0 Å². The maximum Gasteiger partial charge on any atom is 0.0129 e. The van der Waals surface area contributed by atoms with Gasteiger partial charge in [0.1, 0.15) is 0 Å². The van der Waals surface area contributed by atoms with Crippen LogP contribution in [0, 0.1) is 11.8 Å². The average Bonchev–Trinajstić information content (AvgIpc) is 2.78. The van der Waals surface area contributed by atoms with Crippen LogP contribution in [0.4, 0.5) is 0 Å². The summed E-state index contributed by atoms with van der Waals surface area (Å²) >= 11 is 0. The van der Waals surface area contributed by atoms with Crippen LogP contribution in [0.15, 0.2) is 0 Å². The smallest absolute Gasteiger partial charge is 0.0129 e. The molecule has 2 bridgehead atoms. The zero-order valence-electron chi connectivity index (χ0n) is 13.1. The quantitative estimate of drug-likeness (QED) is 0.840. The van der Waals surface area contributed by atoms with Crippen LogP contribution in [0.1, 0.15) is 65.2 Å². The minimum atomic E-state index is 0.783. The van der Waals surface area contributed by atoms with Crippen LogP contribution in [0.2, 0.25) is 0 Å². The topological polar surface area (TPSA) is 15.3 Å². The molecule has 2 heterocycles. The highest BCUT2D eigenvalue weighted by molar-refractivity contribution is 5.01. The number of piperidine rings is 2. The molecule has 2 aliphatic heterocycles. The Balaban J connectivity index is 1.74. The zero-order chi connectivity index (χ0) is 13.4. The lowest BCUT2D eigenvalue weighted by Crippen LogP contribution is -2.59. The Morgan fingerprint density at radius 3 is 2.26 bits per heavy atom. The Bertz CT molecular complexity index is 290. The number of nitrogens with zero attached hydrogens (tertiary/aromatic N) is 1. The molecule has 1 N–H and O–H groups in total. The van der Waals surface area contributed by atoms with Gasteiger partial charge in [-0.05, 0) is 57.4 Å². The molecule has 0 aromatic heterocycles. The first kappa shape index (κ1) is 13.9. The zero-order valence-corrected chi connectivity index (χ0v) is 13.1. The van der Waals surface area contributed by atoms with Gasteiger partial charge in [-0.25, -0.2) is 0 Å². The summed E-state index contributed by atoms with van der Waals surface area (Å²) in [7, 11) is 2.15. The molecule has 5 atom stereocenters. The summed E-state index contributed by atoms with van der Waals surface area (Å²) in [5.74, 6) is 1.92. The molecule has 0 amide bonds. The van der Waals surface area contributed by atoms with Crippen LogP contribution in [0.25, 0.3) is 0 Å². The lowest BCUT2D eigenvalue weighted by atomic mass is 9.79. The van der Waals surface area contributed by atoms with E-state index in [1.165, 1.54) is 51.4 Å². The molecule has 1 aliphatic carbocycles. The molecule has 19 heavy (non-hydrogen) atoms. The minimum Gasteiger partial charge on any atom is -0.317 e. The second-order valence-electron chi connectivity index (χ2n) is 7.31. The van der Waals surface area contributed by atoms with Crippen molar-refractivity contribution >= 4 is 0 Å². The number of fused-ring (bicyclic) bond motifs is 2. The first-order valence-electron chi connectivity index (χ1n) is 8.69. The van der Waals surface area contributed by atoms with E-state index in [0.717, 1.165) is 36.0 Å². The number of hydrogen-bond acceptors (Lipinski definition) is 2. The fourth-order valence-corrected chi connectivity index (χ4v) is 5.42. The summed E-state index contributed by atoms with van der Waals surface area (Å²) < 4.78 is 0. The molecule has 0 aromatic rings. The largest absolute Gasteiger partial charge is 0.317 e. The summed E-state index contributed by atoms with van der Waals surface area (Å²) in [4.78, 5) is 3.00. The van der Waals surface area contributed by atoms with Gasteiger partial charge < -0.3 is 5.32 Å². The maximum absolute atomic E-state index is 3.55. The molecule has 2 saturated heterocycles. The van der Waals surface area contributed by atoms with Gasteiger partial charge in [0.05, 0.1) is 0 Å². The number of hydrogen-bond donors (Lipinski definition) is 1. The van der Waals surface area contributed by atoms with Crippen LogP contribution in [-0.2, 0) is 0 Å². The van der Waals surface area contributed by atoms with Gasteiger partial charge in [-0.1, -0.05) is 26.7 Å². The van der Waals surface area contributed by atoms with E-state index in [1.54, 1.807) is 0 Å². The Morgan fingerprint density at radius 2 is 1.74 bits per heavy atom. The number of rotatable bonds is 3. The molecule has 2 heteroatoms. The van der Waals surface area contributed by atoms with E-state index in [1.807, 2.05) is 0 Å². The monoisotopic (exact) mass is 264 g/mol. The van der Waals surface area contributed by atoms with Gasteiger partial charge in [-0.2, -0.15) is 0 Å².